The molecule has 0 radical (unpaired) electrons. The van der Waals surface area contributed by atoms with Crippen LogP contribution in [0.5, 0.6) is 0 Å². The normalized spacial score (nSPS) is 17.5. The van der Waals surface area contributed by atoms with E-state index in [0.29, 0.717) is 17.3 Å². The Morgan fingerprint density at radius 2 is 1.70 bits per heavy atom. The molecule has 2 heterocycles. The quantitative estimate of drug-likeness (QED) is 0.851. The third kappa shape index (κ3) is 3.66. The fourth-order valence-corrected chi connectivity index (χ4v) is 5.69. The van der Waals surface area contributed by atoms with Crippen molar-refractivity contribution in [3.05, 3.63) is 52.4 Å². The van der Waals surface area contributed by atoms with Gasteiger partial charge >= 0.3 is 0 Å². The summed E-state index contributed by atoms with van der Waals surface area (Å²) in [7, 11) is -3.32. The van der Waals surface area contributed by atoms with Gasteiger partial charge in [0.25, 0.3) is 10.0 Å². The molecule has 124 valence electrons. The van der Waals surface area contributed by atoms with Gasteiger partial charge in [-0.1, -0.05) is 24.3 Å². The zero-order valence-corrected chi connectivity index (χ0v) is 15.2. The molecule has 0 bridgehead atoms. The molecule has 0 atom stereocenters. The van der Waals surface area contributed by atoms with Crippen LogP contribution in [-0.2, 0) is 16.6 Å². The van der Waals surface area contributed by atoms with Crippen molar-refractivity contribution >= 4 is 21.4 Å². The van der Waals surface area contributed by atoms with Gasteiger partial charge in [0, 0.05) is 37.6 Å². The molecule has 1 saturated heterocycles. The lowest BCUT2D eigenvalue weighted by Crippen LogP contribution is -2.48. The second kappa shape index (κ2) is 6.73. The second-order valence-electron chi connectivity index (χ2n) is 5.97. The molecule has 1 aliphatic heterocycles. The molecule has 0 amide bonds. The van der Waals surface area contributed by atoms with Crippen LogP contribution in [0.3, 0.4) is 0 Å². The van der Waals surface area contributed by atoms with Crippen molar-refractivity contribution < 1.29 is 8.42 Å². The summed E-state index contributed by atoms with van der Waals surface area (Å²) in [5, 5.41) is 0. The number of piperazine rings is 1. The molecule has 1 aliphatic rings. The molecular weight excluding hydrogens is 328 g/mol. The molecule has 0 aliphatic carbocycles. The Kier molecular flexibility index (Phi) is 4.87. The number of hydrogen-bond donors (Lipinski definition) is 0. The Morgan fingerprint density at radius 1 is 1.00 bits per heavy atom. The number of benzene rings is 1. The van der Waals surface area contributed by atoms with Crippen molar-refractivity contribution in [3.8, 4) is 0 Å². The Morgan fingerprint density at radius 3 is 2.30 bits per heavy atom. The minimum absolute atomic E-state index is 0.461. The van der Waals surface area contributed by atoms with E-state index in [1.807, 2.05) is 19.1 Å². The van der Waals surface area contributed by atoms with Crippen molar-refractivity contribution in [1.29, 1.82) is 0 Å². The fraction of sp³-hybridized carbons (Fsp3) is 0.412. The molecule has 0 N–H and O–H groups in total. The maximum atomic E-state index is 12.6. The molecular formula is C17H22N2O2S2. The number of thiophene rings is 1. The summed E-state index contributed by atoms with van der Waals surface area (Å²) in [6, 6.07) is 12.0. The highest BCUT2D eigenvalue weighted by Gasteiger charge is 2.29. The first-order valence-corrected chi connectivity index (χ1v) is 10.1. The van der Waals surface area contributed by atoms with Crippen LogP contribution in [0.1, 0.15) is 16.0 Å². The Hall–Kier alpha value is -1.21. The van der Waals surface area contributed by atoms with Crippen LogP contribution in [0.2, 0.25) is 0 Å². The average Bonchev–Trinajstić information content (AvgIpc) is 2.98. The van der Waals surface area contributed by atoms with Gasteiger partial charge in [-0.05, 0) is 37.1 Å². The molecule has 3 rings (SSSR count). The van der Waals surface area contributed by atoms with Gasteiger partial charge in [0.2, 0.25) is 0 Å². The SMILES string of the molecule is Cc1ccc(S(=O)(=O)N2CCN(Cc3ccccc3C)CC2)s1. The van der Waals surface area contributed by atoms with E-state index in [2.05, 4.69) is 30.0 Å². The average molecular weight is 351 g/mol. The lowest BCUT2D eigenvalue weighted by molar-refractivity contribution is 0.181. The summed E-state index contributed by atoms with van der Waals surface area (Å²) in [6.07, 6.45) is 0. The minimum Gasteiger partial charge on any atom is -0.296 e. The first kappa shape index (κ1) is 16.6. The number of aryl methyl sites for hydroxylation is 2. The van der Waals surface area contributed by atoms with Crippen molar-refractivity contribution in [2.45, 2.75) is 24.6 Å². The highest BCUT2D eigenvalue weighted by Crippen LogP contribution is 2.25. The Bertz CT molecular complexity index is 775. The monoisotopic (exact) mass is 350 g/mol. The topological polar surface area (TPSA) is 40.6 Å². The number of rotatable bonds is 4. The maximum absolute atomic E-state index is 12.6. The van der Waals surface area contributed by atoms with Crippen LogP contribution in [0.4, 0.5) is 0 Å². The summed E-state index contributed by atoms with van der Waals surface area (Å²) in [5.41, 5.74) is 2.61. The smallest absolute Gasteiger partial charge is 0.252 e. The molecule has 0 saturated carbocycles. The molecule has 23 heavy (non-hydrogen) atoms. The van der Waals surface area contributed by atoms with Crippen molar-refractivity contribution in [2.75, 3.05) is 26.2 Å². The molecule has 0 spiro atoms. The summed E-state index contributed by atoms with van der Waals surface area (Å²) >= 11 is 1.35. The minimum atomic E-state index is -3.32. The van der Waals surface area contributed by atoms with Crippen LogP contribution in [0.25, 0.3) is 0 Å². The lowest BCUT2D eigenvalue weighted by Gasteiger charge is -2.33. The van der Waals surface area contributed by atoms with Crippen LogP contribution < -0.4 is 0 Å². The molecule has 4 nitrogen and oxygen atoms in total. The largest absolute Gasteiger partial charge is 0.296 e. The van der Waals surface area contributed by atoms with E-state index in [0.717, 1.165) is 24.5 Å². The van der Waals surface area contributed by atoms with Gasteiger partial charge in [0.15, 0.2) is 0 Å². The molecule has 1 aromatic heterocycles. The van der Waals surface area contributed by atoms with E-state index < -0.39 is 10.0 Å². The first-order valence-electron chi connectivity index (χ1n) is 7.80. The van der Waals surface area contributed by atoms with Gasteiger partial charge in [-0.25, -0.2) is 8.42 Å². The van der Waals surface area contributed by atoms with Gasteiger partial charge in [0.1, 0.15) is 4.21 Å². The standard InChI is InChI=1S/C17H22N2O2S2/c1-14-5-3-4-6-16(14)13-18-9-11-19(12-10-18)23(20,21)17-8-7-15(2)22-17/h3-8H,9-13H2,1-2H3. The zero-order valence-electron chi connectivity index (χ0n) is 13.5. The lowest BCUT2D eigenvalue weighted by atomic mass is 10.1. The van der Waals surface area contributed by atoms with E-state index in [9.17, 15) is 8.42 Å². The van der Waals surface area contributed by atoms with E-state index in [1.54, 1.807) is 10.4 Å². The molecule has 1 fully saturated rings. The predicted octanol–water partition coefficient (Wildman–Crippen LogP) is 2.87. The number of sulfonamides is 1. The third-order valence-electron chi connectivity index (χ3n) is 4.30. The number of nitrogens with zero attached hydrogens (tertiary/aromatic N) is 2. The van der Waals surface area contributed by atoms with Crippen LogP contribution in [0.15, 0.2) is 40.6 Å². The maximum Gasteiger partial charge on any atom is 0.252 e. The van der Waals surface area contributed by atoms with Gasteiger partial charge in [-0.15, -0.1) is 11.3 Å². The van der Waals surface area contributed by atoms with E-state index >= 15 is 0 Å². The van der Waals surface area contributed by atoms with Gasteiger partial charge in [-0.3, -0.25) is 4.90 Å². The van der Waals surface area contributed by atoms with Gasteiger partial charge in [-0.2, -0.15) is 4.31 Å². The Balaban J connectivity index is 1.63. The van der Waals surface area contributed by atoms with Crippen molar-refractivity contribution in [1.82, 2.24) is 9.21 Å². The first-order chi connectivity index (χ1) is 11.0. The second-order valence-corrected chi connectivity index (χ2v) is 9.42. The van der Waals surface area contributed by atoms with Crippen LogP contribution in [0, 0.1) is 13.8 Å². The summed E-state index contributed by atoms with van der Waals surface area (Å²) < 4.78 is 27.4. The van der Waals surface area contributed by atoms with Crippen molar-refractivity contribution in [2.24, 2.45) is 0 Å². The molecule has 6 heteroatoms. The van der Waals surface area contributed by atoms with E-state index in [-0.39, 0.29) is 0 Å². The van der Waals surface area contributed by atoms with E-state index in [4.69, 9.17) is 0 Å². The molecule has 1 aromatic carbocycles. The predicted molar refractivity (Wildman–Crippen MR) is 94.3 cm³/mol. The van der Waals surface area contributed by atoms with Gasteiger partial charge < -0.3 is 0 Å². The zero-order chi connectivity index (χ0) is 16.4. The van der Waals surface area contributed by atoms with E-state index in [1.165, 1.54) is 22.5 Å². The molecule has 2 aromatic rings. The summed E-state index contributed by atoms with van der Waals surface area (Å²) in [5.74, 6) is 0. The van der Waals surface area contributed by atoms with Crippen LogP contribution >= 0.6 is 11.3 Å². The summed E-state index contributed by atoms with van der Waals surface area (Å²) in [4.78, 5) is 3.36. The summed E-state index contributed by atoms with van der Waals surface area (Å²) in [6.45, 7) is 7.61. The van der Waals surface area contributed by atoms with Crippen molar-refractivity contribution in [3.63, 3.8) is 0 Å². The molecule has 0 unspecified atom stereocenters. The van der Waals surface area contributed by atoms with Gasteiger partial charge in [0.05, 0.1) is 0 Å². The Labute approximate surface area is 142 Å². The fourth-order valence-electron chi connectivity index (χ4n) is 2.83. The third-order valence-corrected chi connectivity index (χ3v) is 7.66. The van der Waals surface area contributed by atoms with Crippen LogP contribution in [-0.4, -0.2) is 43.8 Å². The highest BCUT2D eigenvalue weighted by molar-refractivity contribution is 7.91. The number of hydrogen-bond acceptors (Lipinski definition) is 4. The highest BCUT2D eigenvalue weighted by atomic mass is 32.2.